The maximum atomic E-state index is 13.7. The summed E-state index contributed by atoms with van der Waals surface area (Å²) in [6.07, 6.45) is 7.12. The molecule has 3 rings (SSSR count). The van der Waals surface area contributed by atoms with Crippen molar-refractivity contribution in [3.05, 3.63) is 0 Å². The number of aliphatic hydroxyl groups excluding tert-OH is 1. The van der Waals surface area contributed by atoms with Gasteiger partial charge in [0.2, 0.25) is 23.6 Å². The van der Waals surface area contributed by atoms with Crippen molar-refractivity contribution in [3.8, 4) is 0 Å². The second-order valence-corrected chi connectivity index (χ2v) is 14.5. The molecule has 4 unspecified atom stereocenters. The molecule has 0 aromatic rings. The summed E-state index contributed by atoms with van der Waals surface area (Å²) in [6, 6.07) is -0.876. The lowest BCUT2D eigenvalue weighted by atomic mass is 9.72. The van der Waals surface area contributed by atoms with Gasteiger partial charge in [0.25, 0.3) is 0 Å². The average Bonchev–Trinajstić information content (AvgIpc) is 3.72. The Kier molecular flexibility index (Phi) is 14.2. The highest BCUT2D eigenvalue weighted by Crippen LogP contribution is 2.57. The summed E-state index contributed by atoms with van der Waals surface area (Å²) in [6.45, 7) is 8.31. The number of carbonyl (C=O) groups is 5. The summed E-state index contributed by atoms with van der Waals surface area (Å²) in [7, 11) is 0. The van der Waals surface area contributed by atoms with Crippen LogP contribution in [0.2, 0.25) is 0 Å². The van der Waals surface area contributed by atoms with Crippen LogP contribution in [0, 0.1) is 65.1 Å². The Balaban J connectivity index is 1.76. The van der Waals surface area contributed by atoms with E-state index in [2.05, 4.69) is 29.5 Å². The Labute approximate surface area is 273 Å². The Bertz CT molecular complexity index is 1110. The van der Waals surface area contributed by atoms with Gasteiger partial charge in [-0.05, 0) is 92.3 Å². The molecule has 3 aliphatic rings. The van der Waals surface area contributed by atoms with Crippen LogP contribution in [-0.2, 0) is 24.0 Å². The first-order valence-electron chi connectivity index (χ1n) is 17.4. The maximum absolute atomic E-state index is 13.7. The molecular weight excluding hydrogens is 588 g/mol. The van der Waals surface area contributed by atoms with Crippen LogP contribution in [0.15, 0.2) is 4.99 Å². The third kappa shape index (κ3) is 9.14. The molecule has 0 saturated heterocycles. The van der Waals surface area contributed by atoms with Gasteiger partial charge in [-0.15, -0.1) is 0 Å². The summed E-state index contributed by atoms with van der Waals surface area (Å²) in [5.41, 5.74) is 16.8. The van der Waals surface area contributed by atoms with E-state index in [1.807, 2.05) is 13.8 Å². The molecule has 0 spiro atoms. The molecule has 3 aliphatic carbocycles. The molecule has 0 radical (unpaired) electrons. The molecule has 0 aliphatic heterocycles. The lowest BCUT2D eigenvalue weighted by Gasteiger charge is -2.33. The molecule has 260 valence electrons. The minimum absolute atomic E-state index is 0.0264. The van der Waals surface area contributed by atoms with Crippen molar-refractivity contribution >= 4 is 35.9 Å². The van der Waals surface area contributed by atoms with Gasteiger partial charge in [-0.1, -0.05) is 40.5 Å². The fourth-order valence-electron chi connectivity index (χ4n) is 9.31. The number of aliphatic hydroxyl groups is 1. The van der Waals surface area contributed by atoms with Crippen LogP contribution in [0.25, 0.3) is 0 Å². The first kappa shape index (κ1) is 37.6. The van der Waals surface area contributed by atoms with E-state index in [9.17, 15) is 29.1 Å². The van der Waals surface area contributed by atoms with Crippen molar-refractivity contribution in [1.82, 2.24) is 10.6 Å². The lowest BCUT2D eigenvalue weighted by molar-refractivity contribution is -0.136. The van der Waals surface area contributed by atoms with Gasteiger partial charge < -0.3 is 27.1 Å². The average molecular weight is 647 g/mol. The van der Waals surface area contributed by atoms with Gasteiger partial charge >= 0.3 is 0 Å². The monoisotopic (exact) mass is 646 g/mol. The van der Waals surface area contributed by atoms with E-state index in [0.29, 0.717) is 32.2 Å². The van der Waals surface area contributed by atoms with Gasteiger partial charge in [-0.3, -0.25) is 34.8 Å². The molecule has 0 aromatic carbocycles. The molecule has 46 heavy (non-hydrogen) atoms. The number of hydrogen-bond donors (Lipinski definition) is 6. The van der Waals surface area contributed by atoms with Crippen molar-refractivity contribution < 1.29 is 29.1 Å². The second kappa shape index (κ2) is 17.3. The Morgan fingerprint density at radius 2 is 1.50 bits per heavy atom. The molecule has 0 bridgehead atoms. The zero-order chi connectivity index (χ0) is 34.1. The zero-order valence-corrected chi connectivity index (χ0v) is 28.2. The highest BCUT2D eigenvalue weighted by atomic mass is 16.3. The van der Waals surface area contributed by atoms with Crippen LogP contribution in [0.4, 0.5) is 0 Å². The van der Waals surface area contributed by atoms with Crippen molar-refractivity contribution in [2.75, 3.05) is 13.2 Å². The largest absolute Gasteiger partial charge is 0.396 e. The van der Waals surface area contributed by atoms with E-state index in [1.54, 1.807) is 0 Å². The van der Waals surface area contributed by atoms with E-state index in [0.717, 1.165) is 38.4 Å². The number of nitrogens with zero attached hydrogens (tertiary/aromatic N) is 1. The van der Waals surface area contributed by atoms with Crippen molar-refractivity contribution in [1.29, 1.82) is 0 Å². The summed E-state index contributed by atoms with van der Waals surface area (Å²) in [4.78, 5) is 68.5. The predicted molar refractivity (Wildman–Crippen MR) is 175 cm³/mol. The smallest absolute Gasteiger partial charge is 0.243 e. The summed E-state index contributed by atoms with van der Waals surface area (Å²) in [5, 5.41) is 15.5. The Morgan fingerprint density at radius 1 is 0.913 bits per heavy atom. The zero-order valence-electron chi connectivity index (χ0n) is 28.2. The molecule has 3 fully saturated rings. The van der Waals surface area contributed by atoms with Crippen molar-refractivity contribution in [3.63, 3.8) is 0 Å². The normalized spacial score (nSPS) is 33.0. The van der Waals surface area contributed by atoms with E-state index < -0.39 is 23.8 Å². The fourth-order valence-corrected chi connectivity index (χ4v) is 9.31. The van der Waals surface area contributed by atoms with E-state index >= 15 is 0 Å². The van der Waals surface area contributed by atoms with E-state index in [4.69, 9.17) is 17.2 Å². The summed E-state index contributed by atoms with van der Waals surface area (Å²) < 4.78 is 0. The number of nitrogens with two attached hydrogens (primary N) is 3. The van der Waals surface area contributed by atoms with Gasteiger partial charge in [-0.2, -0.15) is 0 Å². The number of imide groups is 2. The Morgan fingerprint density at radius 3 is 2.04 bits per heavy atom. The van der Waals surface area contributed by atoms with Gasteiger partial charge in [-0.25, -0.2) is 0 Å². The molecule has 4 amide bonds. The van der Waals surface area contributed by atoms with Crippen LogP contribution in [-0.4, -0.2) is 60.2 Å². The van der Waals surface area contributed by atoms with Gasteiger partial charge in [0.05, 0.1) is 6.04 Å². The number of carbonyl (C=O) groups excluding carboxylic acids is 5. The Hall–Kier alpha value is -2.86. The topological polar surface area (TPSA) is 220 Å². The standard InChI is InChI=1S/C34H58N6O6/c1-5-23-21(16-41)14-25(31(44)39-28(43)12-18(3)4)29(23)19-9-10-20(13-19)30-24(6-2)22(17-42)15-26(30)32(45)40-33(46)27(35)8-7-11-38-34(36)37/h16,18-27,29-30,42H,5-15,17,35H2,1-4H3,(H4,36,37,38)(H,39,43,44)(H,40,45,46)/t19?,20?,21-,22+,23+,24-,25-,26+,27+,29?,30?/m1/s1. The number of guanidine groups is 1. The van der Waals surface area contributed by atoms with Crippen LogP contribution < -0.4 is 27.8 Å². The maximum Gasteiger partial charge on any atom is 0.243 e. The van der Waals surface area contributed by atoms with Gasteiger partial charge in [0.15, 0.2) is 5.96 Å². The summed E-state index contributed by atoms with van der Waals surface area (Å²) in [5.74, 6) is -2.02. The molecule has 12 nitrogen and oxygen atoms in total. The first-order valence-corrected chi connectivity index (χ1v) is 17.4. The number of aliphatic imine (C=N–C) groups is 1. The van der Waals surface area contributed by atoms with E-state index in [-0.39, 0.29) is 90.0 Å². The molecule has 12 heteroatoms. The van der Waals surface area contributed by atoms with Gasteiger partial charge in [0, 0.05) is 37.3 Å². The molecule has 11 atom stereocenters. The van der Waals surface area contributed by atoms with Crippen LogP contribution in [0.3, 0.4) is 0 Å². The third-order valence-corrected chi connectivity index (χ3v) is 11.2. The molecule has 0 aromatic heterocycles. The quantitative estimate of drug-likeness (QED) is 0.0661. The number of amides is 4. The fraction of sp³-hybridized carbons (Fsp3) is 0.824. The third-order valence-electron chi connectivity index (χ3n) is 11.2. The SMILES string of the molecule is CC[C@@H]1C(C2CCC(C3[C@@H](C(=O)NC(=O)[C@@H](N)CCCN=C(N)N)C[C@@H](CO)[C@H]3CC)C2)[C@H](C(=O)NC(=O)CC(C)C)C[C@@H]1C=O. The molecule has 9 N–H and O–H groups in total. The van der Waals surface area contributed by atoms with Gasteiger partial charge in [0.1, 0.15) is 6.29 Å². The summed E-state index contributed by atoms with van der Waals surface area (Å²) >= 11 is 0. The molecular formula is C34H58N6O6. The minimum atomic E-state index is -0.876. The number of rotatable bonds is 15. The first-order chi connectivity index (χ1) is 21.9. The molecule has 0 heterocycles. The van der Waals surface area contributed by atoms with E-state index in [1.165, 1.54) is 0 Å². The highest BCUT2D eigenvalue weighted by molar-refractivity contribution is 5.99. The predicted octanol–water partition coefficient (Wildman–Crippen LogP) is 1.86. The number of nitrogens with one attached hydrogen (secondary N) is 2. The highest BCUT2D eigenvalue weighted by Gasteiger charge is 2.54. The van der Waals surface area contributed by atoms with Crippen LogP contribution in [0.1, 0.15) is 91.9 Å². The lowest BCUT2D eigenvalue weighted by Crippen LogP contribution is -2.47. The molecule has 3 saturated carbocycles. The number of aldehydes is 1. The number of hydrogen-bond acceptors (Lipinski definition) is 8. The van der Waals surface area contributed by atoms with Crippen molar-refractivity contribution in [2.45, 2.75) is 97.9 Å². The van der Waals surface area contributed by atoms with Crippen LogP contribution in [0.5, 0.6) is 0 Å². The van der Waals surface area contributed by atoms with Crippen molar-refractivity contribution in [2.24, 2.45) is 87.3 Å². The second-order valence-electron chi connectivity index (χ2n) is 14.5. The van der Waals surface area contributed by atoms with Crippen LogP contribution >= 0.6 is 0 Å². The minimum Gasteiger partial charge on any atom is -0.396 e.